The maximum atomic E-state index is 12.1. The summed E-state index contributed by atoms with van der Waals surface area (Å²) in [4.78, 5) is 12.1. The third-order valence-corrected chi connectivity index (χ3v) is 3.50. The molecule has 0 radical (unpaired) electrons. The number of benzene rings is 1. The van der Waals surface area contributed by atoms with Gasteiger partial charge in [0.05, 0.1) is 6.04 Å². The summed E-state index contributed by atoms with van der Waals surface area (Å²) in [6.07, 6.45) is 1.61. The van der Waals surface area contributed by atoms with E-state index in [1.165, 1.54) is 0 Å². The molecule has 1 unspecified atom stereocenters. The molecule has 1 atom stereocenters. The second-order valence-electron chi connectivity index (χ2n) is 4.33. The van der Waals surface area contributed by atoms with E-state index in [0.717, 1.165) is 16.7 Å². The van der Waals surface area contributed by atoms with Crippen molar-refractivity contribution in [1.29, 1.82) is 0 Å². The van der Waals surface area contributed by atoms with Gasteiger partial charge in [0.25, 0.3) is 5.91 Å². The molecule has 1 heterocycles. The second kappa shape index (κ2) is 5.97. The highest BCUT2D eigenvalue weighted by molar-refractivity contribution is 9.08. The standard InChI is InChI=1S/C13H15BrN4O/c1-9(12-17-15-8-18(12)2)16-13(19)11-5-3-10(7-14)4-6-11/h3-6,8-9H,7H2,1-2H3,(H,16,19). The number of hydrogen-bond donors (Lipinski definition) is 1. The number of alkyl halides is 1. The fraction of sp³-hybridized carbons (Fsp3) is 0.308. The Balaban J connectivity index is 2.06. The van der Waals surface area contributed by atoms with Crippen molar-refractivity contribution in [3.63, 3.8) is 0 Å². The van der Waals surface area contributed by atoms with Crippen LogP contribution in [-0.2, 0) is 12.4 Å². The molecule has 6 heteroatoms. The molecule has 2 aromatic rings. The van der Waals surface area contributed by atoms with Crippen LogP contribution in [-0.4, -0.2) is 20.7 Å². The first-order valence-corrected chi connectivity index (χ1v) is 7.03. The summed E-state index contributed by atoms with van der Waals surface area (Å²) in [7, 11) is 1.85. The number of carbonyl (C=O) groups is 1. The van der Waals surface area contributed by atoms with Crippen LogP contribution in [0.5, 0.6) is 0 Å². The number of carbonyl (C=O) groups excluding carboxylic acids is 1. The number of aryl methyl sites for hydroxylation is 1. The van der Waals surface area contributed by atoms with Crippen LogP contribution >= 0.6 is 15.9 Å². The summed E-state index contributed by atoms with van der Waals surface area (Å²) >= 11 is 3.37. The number of rotatable bonds is 4. The summed E-state index contributed by atoms with van der Waals surface area (Å²) in [5.41, 5.74) is 1.77. The summed E-state index contributed by atoms with van der Waals surface area (Å²) in [6.45, 7) is 1.88. The molecule has 100 valence electrons. The van der Waals surface area contributed by atoms with Crippen molar-refractivity contribution in [3.8, 4) is 0 Å². The number of halogens is 1. The Morgan fingerprint density at radius 3 is 2.63 bits per heavy atom. The van der Waals surface area contributed by atoms with Crippen LogP contribution in [0.2, 0.25) is 0 Å². The fourth-order valence-electron chi connectivity index (χ4n) is 1.77. The molecule has 1 amide bonds. The van der Waals surface area contributed by atoms with Gasteiger partial charge in [0.1, 0.15) is 6.33 Å². The van der Waals surface area contributed by atoms with Crippen molar-refractivity contribution < 1.29 is 4.79 Å². The molecule has 0 aliphatic rings. The Hall–Kier alpha value is -1.69. The minimum atomic E-state index is -0.184. The predicted molar refractivity (Wildman–Crippen MR) is 76.0 cm³/mol. The van der Waals surface area contributed by atoms with Gasteiger partial charge in [-0.2, -0.15) is 0 Å². The molecule has 0 aliphatic heterocycles. The minimum absolute atomic E-state index is 0.114. The molecule has 0 saturated carbocycles. The van der Waals surface area contributed by atoms with Gasteiger partial charge in [0.2, 0.25) is 0 Å². The average Bonchev–Trinajstić information content (AvgIpc) is 2.85. The number of hydrogen-bond acceptors (Lipinski definition) is 3. The lowest BCUT2D eigenvalue weighted by atomic mass is 10.1. The van der Waals surface area contributed by atoms with Crippen LogP contribution in [0.1, 0.15) is 34.7 Å². The zero-order chi connectivity index (χ0) is 13.8. The number of amides is 1. The average molecular weight is 323 g/mol. The highest BCUT2D eigenvalue weighted by Crippen LogP contribution is 2.11. The maximum Gasteiger partial charge on any atom is 0.251 e. The monoisotopic (exact) mass is 322 g/mol. The quantitative estimate of drug-likeness (QED) is 0.878. The molecule has 0 fully saturated rings. The molecule has 0 bridgehead atoms. The number of nitrogens with zero attached hydrogens (tertiary/aromatic N) is 3. The molecule has 0 spiro atoms. The van der Waals surface area contributed by atoms with E-state index in [4.69, 9.17) is 0 Å². The molecule has 5 nitrogen and oxygen atoms in total. The molecular weight excluding hydrogens is 308 g/mol. The highest BCUT2D eigenvalue weighted by Gasteiger charge is 2.15. The minimum Gasteiger partial charge on any atom is -0.342 e. The van der Waals surface area contributed by atoms with Gasteiger partial charge in [0, 0.05) is 17.9 Å². The van der Waals surface area contributed by atoms with Crippen LogP contribution < -0.4 is 5.32 Å². The van der Waals surface area contributed by atoms with Gasteiger partial charge < -0.3 is 9.88 Å². The zero-order valence-corrected chi connectivity index (χ0v) is 12.4. The summed E-state index contributed by atoms with van der Waals surface area (Å²) in [6, 6.07) is 7.30. The van der Waals surface area contributed by atoms with Gasteiger partial charge in [-0.05, 0) is 24.6 Å². The Morgan fingerprint density at radius 2 is 2.11 bits per heavy atom. The Labute approximate surface area is 120 Å². The van der Waals surface area contributed by atoms with E-state index in [9.17, 15) is 4.79 Å². The Morgan fingerprint density at radius 1 is 1.42 bits per heavy atom. The lowest BCUT2D eigenvalue weighted by Crippen LogP contribution is -2.28. The second-order valence-corrected chi connectivity index (χ2v) is 4.89. The van der Waals surface area contributed by atoms with E-state index in [1.807, 2.05) is 38.2 Å². The molecular formula is C13H15BrN4O. The van der Waals surface area contributed by atoms with Gasteiger partial charge in [-0.1, -0.05) is 28.1 Å². The predicted octanol–water partition coefficient (Wildman–Crippen LogP) is 2.20. The first-order valence-electron chi connectivity index (χ1n) is 5.91. The lowest BCUT2D eigenvalue weighted by Gasteiger charge is -2.13. The molecule has 0 saturated heterocycles. The van der Waals surface area contributed by atoms with Gasteiger partial charge in [-0.3, -0.25) is 4.79 Å². The lowest BCUT2D eigenvalue weighted by molar-refractivity contribution is 0.0938. The summed E-state index contributed by atoms with van der Waals surface area (Å²) in [5.74, 6) is 0.613. The molecule has 2 rings (SSSR count). The highest BCUT2D eigenvalue weighted by atomic mass is 79.9. The molecule has 1 N–H and O–H groups in total. The van der Waals surface area contributed by atoms with Crippen molar-refractivity contribution in [3.05, 3.63) is 47.5 Å². The molecule has 0 aliphatic carbocycles. The van der Waals surface area contributed by atoms with E-state index >= 15 is 0 Å². The van der Waals surface area contributed by atoms with E-state index in [1.54, 1.807) is 10.9 Å². The first-order chi connectivity index (χ1) is 9.11. The SMILES string of the molecule is CC(NC(=O)c1ccc(CBr)cc1)c1nncn1C. The third-order valence-electron chi connectivity index (χ3n) is 2.85. The Kier molecular flexibility index (Phi) is 4.31. The van der Waals surface area contributed by atoms with Crippen molar-refractivity contribution in [2.45, 2.75) is 18.3 Å². The summed E-state index contributed by atoms with van der Waals surface area (Å²) in [5, 5.41) is 11.5. The van der Waals surface area contributed by atoms with Gasteiger partial charge in [0.15, 0.2) is 5.82 Å². The van der Waals surface area contributed by atoms with Crippen LogP contribution in [0.4, 0.5) is 0 Å². The molecule has 1 aromatic heterocycles. The van der Waals surface area contributed by atoms with Crippen molar-refractivity contribution >= 4 is 21.8 Å². The normalized spacial score (nSPS) is 12.2. The van der Waals surface area contributed by atoms with Gasteiger partial charge in [-0.25, -0.2) is 0 Å². The first kappa shape index (κ1) is 13.7. The van der Waals surface area contributed by atoms with E-state index in [-0.39, 0.29) is 11.9 Å². The van der Waals surface area contributed by atoms with Gasteiger partial charge >= 0.3 is 0 Å². The van der Waals surface area contributed by atoms with Crippen LogP contribution in [0, 0.1) is 0 Å². The number of nitrogens with one attached hydrogen (secondary N) is 1. The van der Waals surface area contributed by atoms with Crippen molar-refractivity contribution in [1.82, 2.24) is 20.1 Å². The molecule has 19 heavy (non-hydrogen) atoms. The van der Waals surface area contributed by atoms with Crippen LogP contribution in [0.25, 0.3) is 0 Å². The largest absolute Gasteiger partial charge is 0.342 e. The molecule has 1 aromatic carbocycles. The van der Waals surface area contributed by atoms with Crippen LogP contribution in [0.3, 0.4) is 0 Å². The Bertz CT molecular complexity index is 564. The zero-order valence-electron chi connectivity index (χ0n) is 10.8. The van der Waals surface area contributed by atoms with Crippen LogP contribution in [0.15, 0.2) is 30.6 Å². The topological polar surface area (TPSA) is 59.8 Å². The maximum absolute atomic E-state index is 12.1. The van der Waals surface area contributed by atoms with Gasteiger partial charge in [-0.15, -0.1) is 10.2 Å². The van der Waals surface area contributed by atoms with Crippen molar-refractivity contribution in [2.75, 3.05) is 0 Å². The number of aromatic nitrogens is 3. The smallest absolute Gasteiger partial charge is 0.251 e. The summed E-state index contributed by atoms with van der Waals surface area (Å²) < 4.78 is 1.79. The fourth-order valence-corrected chi connectivity index (χ4v) is 2.15. The third kappa shape index (κ3) is 3.20. The van der Waals surface area contributed by atoms with E-state index in [2.05, 4.69) is 31.4 Å². The van der Waals surface area contributed by atoms with E-state index in [0.29, 0.717) is 5.56 Å². The van der Waals surface area contributed by atoms with E-state index < -0.39 is 0 Å². The van der Waals surface area contributed by atoms with Crippen molar-refractivity contribution in [2.24, 2.45) is 7.05 Å².